The standard InChI is InChI=1S/C17H18FN5O4S/c1-23(28(26,27)16-14(17(24)25)10-19-22-16)8-2-3-13-9-15(21-20-13)11-4-6-12(18)7-5-11/h4-7,9-10H,2-3,8H2,1H3,(H,19,22)(H,20,21)(H,24,25). The molecule has 0 spiro atoms. The van der Waals surface area contributed by atoms with Gasteiger partial charge < -0.3 is 5.11 Å². The molecule has 3 aromatic rings. The van der Waals surface area contributed by atoms with E-state index in [1.165, 1.54) is 19.2 Å². The lowest BCUT2D eigenvalue weighted by Crippen LogP contribution is -2.29. The summed E-state index contributed by atoms with van der Waals surface area (Å²) in [6, 6.07) is 7.77. The van der Waals surface area contributed by atoms with E-state index in [2.05, 4.69) is 20.4 Å². The molecule has 3 N–H and O–H groups in total. The highest BCUT2D eigenvalue weighted by atomic mass is 32.2. The zero-order valence-electron chi connectivity index (χ0n) is 14.9. The largest absolute Gasteiger partial charge is 0.478 e. The van der Waals surface area contributed by atoms with E-state index in [0.29, 0.717) is 18.5 Å². The van der Waals surface area contributed by atoms with Crippen LogP contribution in [0, 0.1) is 5.82 Å². The molecule has 0 saturated carbocycles. The second-order valence-electron chi connectivity index (χ2n) is 6.13. The molecule has 3 rings (SSSR count). The SMILES string of the molecule is CN(CCCc1cc(-c2ccc(F)cc2)n[nH]1)S(=O)(=O)c1[nH]ncc1C(=O)O. The summed E-state index contributed by atoms with van der Waals surface area (Å²) in [5, 5.41) is 21.4. The van der Waals surface area contributed by atoms with Crippen LogP contribution in [0.15, 0.2) is 41.6 Å². The number of hydrogen-bond donors (Lipinski definition) is 3. The number of H-pyrrole nitrogens is 2. The molecule has 2 heterocycles. The van der Waals surface area contributed by atoms with Gasteiger partial charge in [0.05, 0.1) is 11.9 Å². The minimum atomic E-state index is -3.99. The highest BCUT2D eigenvalue weighted by Crippen LogP contribution is 2.20. The molecular formula is C17H18FN5O4S. The molecule has 9 nitrogen and oxygen atoms in total. The molecule has 0 aliphatic heterocycles. The smallest absolute Gasteiger partial charge is 0.340 e. The molecule has 11 heteroatoms. The van der Waals surface area contributed by atoms with Gasteiger partial charge in [-0.3, -0.25) is 10.2 Å². The van der Waals surface area contributed by atoms with Crippen molar-refractivity contribution >= 4 is 16.0 Å². The van der Waals surface area contributed by atoms with Gasteiger partial charge in [0.1, 0.15) is 11.4 Å². The zero-order chi connectivity index (χ0) is 20.3. The molecule has 0 bridgehead atoms. The van der Waals surface area contributed by atoms with Crippen molar-refractivity contribution in [1.82, 2.24) is 24.7 Å². The zero-order valence-corrected chi connectivity index (χ0v) is 15.7. The van der Waals surface area contributed by atoms with Crippen molar-refractivity contribution in [1.29, 1.82) is 0 Å². The Morgan fingerprint density at radius 2 is 1.96 bits per heavy atom. The van der Waals surface area contributed by atoms with E-state index in [0.717, 1.165) is 21.8 Å². The summed E-state index contributed by atoms with van der Waals surface area (Å²) < 4.78 is 39.1. The van der Waals surface area contributed by atoms with Crippen LogP contribution in [-0.4, -0.2) is 57.8 Å². The first-order chi connectivity index (χ1) is 13.3. The van der Waals surface area contributed by atoms with E-state index >= 15 is 0 Å². The number of aromatic amines is 2. The van der Waals surface area contributed by atoms with Crippen LogP contribution < -0.4 is 0 Å². The van der Waals surface area contributed by atoms with Gasteiger partial charge in [0, 0.05) is 24.8 Å². The molecule has 0 saturated heterocycles. The van der Waals surface area contributed by atoms with Crippen LogP contribution in [0.25, 0.3) is 11.3 Å². The van der Waals surface area contributed by atoms with Gasteiger partial charge in [-0.15, -0.1) is 0 Å². The minimum absolute atomic E-state index is 0.172. The first-order valence-electron chi connectivity index (χ1n) is 8.32. The first-order valence-corrected chi connectivity index (χ1v) is 9.76. The number of aryl methyl sites for hydroxylation is 1. The topological polar surface area (TPSA) is 132 Å². The van der Waals surface area contributed by atoms with Crippen molar-refractivity contribution in [3.05, 3.63) is 53.6 Å². The lowest BCUT2D eigenvalue weighted by atomic mass is 10.1. The molecule has 2 aromatic heterocycles. The predicted molar refractivity (Wildman–Crippen MR) is 97.7 cm³/mol. The number of benzene rings is 1. The van der Waals surface area contributed by atoms with Gasteiger partial charge in [-0.05, 0) is 43.2 Å². The average molecular weight is 407 g/mol. The van der Waals surface area contributed by atoms with Crippen LogP contribution in [0.1, 0.15) is 22.5 Å². The number of carboxylic acid groups (broad SMARTS) is 1. The monoisotopic (exact) mass is 407 g/mol. The quantitative estimate of drug-likeness (QED) is 0.522. The lowest BCUT2D eigenvalue weighted by Gasteiger charge is -2.16. The molecule has 0 atom stereocenters. The van der Waals surface area contributed by atoms with Gasteiger partial charge in [0.15, 0.2) is 5.03 Å². The minimum Gasteiger partial charge on any atom is -0.478 e. The lowest BCUT2D eigenvalue weighted by molar-refractivity contribution is 0.0692. The van der Waals surface area contributed by atoms with Gasteiger partial charge in [0.2, 0.25) is 0 Å². The fourth-order valence-corrected chi connectivity index (χ4v) is 3.92. The van der Waals surface area contributed by atoms with Crippen molar-refractivity contribution < 1.29 is 22.7 Å². The van der Waals surface area contributed by atoms with Crippen LogP contribution in [0.2, 0.25) is 0 Å². The summed E-state index contributed by atoms with van der Waals surface area (Å²) in [6.07, 6.45) is 1.98. The Morgan fingerprint density at radius 3 is 2.64 bits per heavy atom. The molecule has 28 heavy (non-hydrogen) atoms. The number of nitrogens with zero attached hydrogens (tertiary/aromatic N) is 3. The average Bonchev–Trinajstić information content (AvgIpc) is 3.32. The van der Waals surface area contributed by atoms with Crippen molar-refractivity contribution in [2.24, 2.45) is 0 Å². The van der Waals surface area contributed by atoms with Gasteiger partial charge in [-0.25, -0.2) is 17.6 Å². The summed E-state index contributed by atoms with van der Waals surface area (Å²) in [6.45, 7) is 0.172. The Balaban J connectivity index is 1.61. The number of rotatable bonds is 8. The molecular weight excluding hydrogens is 389 g/mol. The van der Waals surface area contributed by atoms with Crippen LogP contribution in [-0.2, 0) is 16.4 Å². The second kappa shape index (κ2) is 7.90. The van der Waals surface area contributed by atoms with Crippen LogP contribution in [0.4, 0.5) is 4.39 Å². The molecule has 148 valence electrons. The van der Waals surface area contributed by atoms with Crippen LogP contribution >= 0.6 is 0 Å². The Kier molecular flexibility index (Phi) is 5.56. The van der Waals surface area contributed by atoms with Crippen molar-refractivity contribution in [2.75, 3.05) is 13.6 Å². The molecule has 0 amide bonds. The van der Waals surface area contributed by atoms with Crippen molar-refractivity contribution in [3.63, 3.8) is 0 Å². The second-order valence-corrected chi connectivity index (χ2v) is 8.12. The Morgan fingerprint density at radius 1 is 1.25 bits per heavy atom. The number of carboxylic acids is 1. The third kappa shape index (κ3) is 4.10. The maximum Gasteiger partial charge on any atom is 0.340 e. The van der Waals surface area contributed by atoms with Crippen LogP contribution in [0.5, 0.6) is 0 Å². The molecule has 0 aliphatic rings. The predicted octanol–water partition coefficient (Wildman–Crippen LogP) is 1.89. The Hall–Kier alpha value is -3.05. The number of aromatic nitrogens is 4. The van der Waals surface area contributed by atoms with Gasteiger partial charge in [-0.2, -0.15) is 14.5 Å². The van der Waals surface area contributed by atoms with Crippen molar-refractivity contribution in [3.8, 4) is 11.3 Å². The number of halogens is 1. The van der Waals surface area contributed by atoms with Crippen molar-refractivity contribution in [2.45, 2.75) is 17.9 Å². The molecule has 0 unspecified atom stereocenters. The number of hydrogen-bond acceptors (Lipinski definition) is 5. The van der Waals surface area contributed by atoms with Gasteiger partial charge >= 0.3 is 5.97 Å². The summed E-state index contributed by atoms with van der Waals surface area (Å²) in [4.78, 5) is 11.1. The first kappa shape index (κ1) is 19.7. The summed E-state index contributed by atoms with van der Waals surface area (Å²) in [7, 11) is -2.62. The van der Waals surface area contributed by atoms with E-state index in [1.807, 2.05) is 6.07 Å². The third-order valence-corrected chi connectivity index (χ3v) is 6.02. The Bertz CT molecular complexity index is 1080. The third-order valence-electron chi connectivity index (χ3n) is 4.19. The summed E-state index contributed by atoms with van der Waals surface area (Å²) in [5.41, 5.74) is 1.84. The molecule has 0 fully saturated rings. The number of carbonyl (C=O) groups is 1. The molecule has 0 radical (unpaired) electrons. The van der Waals surface area contributed by atoms with E-state index in [1.54, 1.807) is 12.1 Å². The van der Waals surface area contributed by atoms with Gasteiger partial charge in [0.25, 0.3) is 10.0 Å². The number of nitrogens with one attached hydrogen (secondary N) is 2. The number of aromatic carboxylic acids is 1. The van der Waals surface area contributed by atoms with E-state index in [9.17, 15) is 17.6 Å². The maximum absolute atomic E-state index is 13.0. The van der Waals surface area contributed by atoms with E-state index < -0.39 is 26.6 Å². The van der Waals surface area contributed by atoms with Gasteiger partial charge in [-0.1, -0.05) is 0 Å². The number of sulfonamides is 1. The fraction of sp³-hybridized carbons (Fsp3) is 0.235. The highest BCUT2D eigenvalue weighted by Gasteiger charge is 2.28. The fourth-order valence-electron chi connectivity index (χ4n) is 2.65. The maximum atomic E-state index is 13.0. The summed E-state index contributed by atoms with van der Waals surface area (Å²) >= 11 is 0. The van der Waals surface area contributed by atoms with Crippen LogP contribution in [0.3, 0.4) is 0 Å². The van der Waals surface area contributed by atoms with E-state index in [-0.39, 0.29) is 12.4 Å². The summed E-state index contributed by atoms with van der Waals surface area (Å²) in [5.74, 6) is -1.70. The Labute approximate surface area is 160 Å². The normalized spacial score (nSPS) is 11.8. The van der Waals surface area contributed by atoms with E-state index in [4.69, 9.17) is 5.11 Å². The molecule has 0 aliphatic carbocycles. The molecule has 1 aromatic carbocycles. The highest BCUT2D eigenvalue weighted by molar-refractivity contribution is 7.89.